The highest BCUT2D eigenvalue weighted by molar-refractivity contribution is 8.76. The molecule has 0 spiro atoms. The summed E-state index contributed by atoms with van der Waals surface area (Å²) >= 11 is 0. The van der Waals surface area contributed by atoms with Gasteiger partial charge in [-0.2, -0.15) is 0 Å². The van der Waals surface area contributed by atoms with Gasteiger partial charge in [0.2, 0.25) is 0 Å². The van der Waals surface area contributed by atoms with Crippen LogP contribution in [0.5, 0.6) is 0 Å². The number of hydrogen-bond donors (Lipinski definition) is 0. The highest BCUT2D eigenvalue weighted by Gasteiger charge is 2.11. The number of likely N-dealkylation sites (N-methyl/N-ethyl adjacent to an activating group) is 1. The SMILES string of the molecule is C=C/C=C\C(=C/C)CN(CCSSCCN(Cc1ccccc1)c1ccc(/C=C/C2=CCN(CC)C=C2)cc1)c1ccc(/C=C/c2cc[n+](CC)cc2)cc1. The molecule has 2 heterocycles. The van der Waals surface area contributed by atoms with Crippen molar-refractivity contribution in [3.63, 3.8) is 0 Å². The fourth-order valence-electron chi connectivity index (χ4n) is 6.14. The van der Waals surface area contributed by atoms with Crippen LogP contribution in [0, 0.1) is 0 Å². The van der Waals surface area contributed by atoms with Gasteiger partial charge in [-0.3, -0.25) is 0 Å². The third kappa shape index (κ3) is 14.0. The zero-order valence-electron chi connectivity index (χ0n) is 32.8. The summed E-state index contributed by atoms with van der Waals surface area (Å²) in [6.45, 7) is 17.0. The molecule has 0 bridgehead atoms. The highest BCUT2D eigenvalue weighted by Crippen LogP contribution is 2.26. The summed E-state index contributed by atoms with van der Waals surface area (Å²) in [4.78, 5) is 7.30. The van der Waals surface area contributed by atoms with Crippen LogP contribution in [-0.4, -0.2) is 49.1 Å². The molecule has 5 rings (SSSR count). The maximum atomic E-state index is 3.87. The third-order valence-electron chi connectivity index (χ3n) is 9.56. The topological polar surface area (TPSA) is 13.6 Å². The molecule has 4 aromatic rings. The molecule has 0 atom stereocenters. The van der Waals surface area contributed by atoms with Crippen molar-refractivity contribution >= 4 is 51.2 Å². The minimum Gasteiger partial charge on any atom is -0.374 e. The fourth-order valence-corrected chi connectivity index (χ4v) is 8.12. The number of aromatic nitrogens is 1. The molecule has 0 saturated heterocycles. The van der Waals surface area contributed by atoms with Crippen molar-refractivity contribution in [3.05, 3.63) is 192 Å². The number of anilines is 2. The van der Waals surface area contributed by atoms with Crippen LogP contribution in [0.25, 0.3) is 18.2 Å². The molecule has 1 aliphatic rings. The summed E-state index contributed by atoms with van der Waals surface area (Å²) < 4.78 is 2.18. The minimum atomic E-state index is 0.852. The number of allylic oxidation sites excluding steroid dienone is 6. The summed E-state index contributed by atoms with van der Waals surface area (Å²) in [7, 11) is 3.94. The van der Waals surface area contributed by atoms with Gasteiger partial charge in [0.15, 0.2) is 12.4 Å². The Labute approximate surface area is 339 Å². The van der Waals surface area contributed by atoms with Crippen molar-refractivity contribution in [3.8, 4) is 0 Å². The van der Waals surface area contributed by atoms with Gasteiger partial charge in [-0.15, -0.1) is 0 Å². The van der Waals surface area contributed by atoms with E-state index in [1.165, 1.54) is 44.8 Å². The van der Waals surface area contributed by atoms with E-state index in [0.29, 0.717) is 0 Å². The molecular weight excluding hydrogens is 709 g/mol. The van der Waals surface area contributed by atoms with Gasteiger partial charge in [0, 0.05) is 74.3 Å². The first kappa shape index (κ1) is 41.3. The standard InChI is InChI=1S/C49H57N4S2/c1-5-9-13-42(6-2)40-52(48-24-20-43(21-25-48)16-18-45-28-32-50(7-3)33-29-45)36-38-54-55-39-37-53(41-47-14-11-10-12-15-47)49-26-22-44(23-27-49)17-19-46-30-34-51(8-4)35-31-46/h5-6,9-34H,1,7-8,35-41H2,2-4H3/q+1/b13-9-,19-17+,42-6+. The van der Waals surface area contributed by atoms with Crippen LogP contribution in [0.3, 0.4) is 0 Å². The summed E-state index contributed by atoms with van der Waals surface area (Å²) in [5.41, 5.74) is 9.98. The predicted octanol–water partition coefficient (Wildman–Crippen LogP) is 11.5. The van der Waals surface area contributed by atoms with E-state index in [-0.39, 0.29) is 0 Å². The molecule has 0 aliphatic carbocycles. The van der Waals surface area contributed by atoms with Crippen molar-refractivity contribution in [2.45, 2.75) is 33.9 Å². The number of rotatable bonds is 21. The van der Waals surface area contributed by atoms with E-state index in [2.05, 4.69) is 205 Å². The Kier molecular flexibility index (Phi) is 17.3. The molecule has 0 fully saturated rings. The minimum absolute atomic E-state index is 0.852. The molecule has 4 nitrogen and oxygen atoms in total. The van der Waals surface area contributed by atoms with Gasteiger partial charge in [0.05, 0.1) is 0 Å². The maximum absolute atomic E-state index is 3.87. The number of benzene rings is 3. The average molecular weight is 766 g/mol. The predicted molar refractivity (Wildman–Crippen MR) is 245 cm³/mol. The number of nitrogens with zero attached hydrogens (tertiary/aromatic N) is 4. The zero-order valence-corrected chi connectivity index (χ0v) is 34.5. The fraction of sp³-hybridized carbons (Fsp3) is 0.245. The van der Waals surface area contributed by atoms with Crippen LogP contribution < -0.4 is 14.4 Å². The van der Waals surface area contributed by atoms with Crippen molar-refractivity contribution in [2.24, 2.45) is 0 Å². The van der Waals surface area contributed by atoms with Crippen LogP contribution in [-0.2, 0) is 13.1 Å². The lowest BCUT2D eigenvalue weighted by atomic mass is 10.1. The summed E-state index contributed by atoms with van der Waals surface area (Å²) in [6, 6.07) is 33.1. The molecule has 0 unspecified atom stereocenters. The second-order valence-electron chi connectivity index (χ2n) is 13.4. The Morgan fingerprint density at radius 2 is 1.36 bits per heavy atom. The molecule has 0 amide bonds. The van der Waals surface area contributed by atoms with E-state index < -0.39 is 0 Å². The van der Waals surface area contributed by atoms with Gasteiger partial charge >= 0.3 is 0 Å². The van der Waals surface area contributed by atoms with E-state index in [9.17, 15) is 0 Å². The first-order chi connectivity index (χ1) is 27.1. The normalized spacial score (nSPS) is 13.3. The highest BCUT2D eigenvalue weighted by atomic mass is 33.1. The molecule has 1 aromatic heterocycles. The van der Waals surface area contributed by atoms with E-state index in [0.717, 1.165) is 57.3 Å². The monoisotopic (exact) mass is 765 g/mol. The number of hydrogen-bond acceptors (Lipinski definition) is 5. The lowest BCUT2D eigenvalue weighted by molar-refractivity contribution is -0.693. The zero-order chi connectivity index (χ0) is 38.5. The van der Waals surface area contributed by atoms with E-state index in [4.69, 9.17) is 0 Å². The summed E-state index contributed by atoms with van der Waals surface area (Å²) in [5.74, 6) is 2.07. The van der Waals surface area contributed by atoms with Gasteiger partial charge < -0.3 is 14.7 Å². The second kappa shape index (κ2) is 23.1. The van der Waals surface area contributed by atoms with Gasteiger partial charge in [0.25, 0.3) is 0 Å². The van der Waals surface area contributed by atoms with E-state index in [1.807, 2.05) is 33.7 Å². The molecule has 0 radical (unpaired) electrons. The first-order valence-electron chi connectivity index (χ1n) is 19.5. The Balaban J connectivity index is 1.17. The summed E-state index contributed by atoms with van der Waals surface area (Å²) in [5, 5.41) is 0. The number of aryl methyl sites for hydroxylation is 1. The average Bonchev–Trinajstić information content (AvgIpc) is 3.24. The quantitative estimate of drug-likeness (QED) is 0.0362. The van der Waals surface area contributed by atoms with Gasteiger partial charge in [0.1, 0.15) is 6.54 Å². The number of pyridine rings is 1. The van der Waals surface area contributed by atoms with Crippen molar-refractivity contribution in [1.82, 2.24) is 4.90 Å². The Bertz CT molecular complexity index is 1920. The van der Waals surface area contributed by atoms with Crippen LogP contribution >= 0.6 is 21.6 Å². The van der Waals surface area contributed by atoms with E-state index >= 15 is 0 Å². The van der Waals surface area contributed by atoms with Gasteiger partial charge in [-0.05, 0) is 90.7 Å². The van der Waals surface area contributed by atoms with Crippen molar-refractivity contribution < 1.29 is 4.57 Å². The second-order valence-corrected chi connectivity index (χ2v) is 16.1. The summed E-state index contributed by atoms with van der Waals surface area (Å²) in [6.07, 6.45) is 28.0. The molecule has 6 heteroatoms. The first-order valence-corrected chi connectivity index (χ1v) is 22.0. The smallest absolute Gasteiger partial charge is 0.169 e. The van der Waals surface area contributed by atoms with Crippen LogP contribution in [0.4, 0.5) is 11.4 Å². The van der Waals surface area contributed by atoms with Crippen molar-refractivity contribution in [2.75, 3.05) is 54.0 Å². The molecule has 1 aliphatic heterocycles. The van der Waals surface area contributed by atoms with E-state index in [1.54, 1.807) is 0 Å². The van der Waals surface area contributed by atoms with Gasteiger partial charge in [-0.1, -0.05) is 137 Å². The third-order valence-corrected chi connectivity index (χ3v) is 11.9. The Morgan fingerprint density at radius 1 is 0.764 bits per heavy atom. The van der Waals surface area contributed by atoms with Crippen molar-refractivity contribution in [1.29, 1.82) is 0 Å². The maximum Gasteiger partial charge on any atom is 0.169 e. The largest absolute Gasteiger partial charge is 0.374 e. The molecular formula is C49H57N4S2+. The Hall–Kier alpha value is -4.91. The molecule has 55 heavy (non-hydrogen) atoms. The van der Waals surface area contributed by atoms with Gasteiger partial charge in [-0.25, -0.2) is 4.57 Å². The lowest BCUT2D eigenvalue weighted by Gasteiger charge is -2.26. The lowest BCUT2D eigenvalue weighted by Crippen LogP contribution is -2.30. The van der Waals surface area contributed by atoms with Crippen LogP contribution in [0.2, 0.25) is 0 Å². The van der Waals surface area contributed by atoms with Crippen LogP contribution in [0.1, 0.15) is 43.0 Å². The molecule has 0 saturated carbocycles. The molecule has 3 aromatic carbocycles. The molecule has 284 valence electrons. The Morgan fingerprint density at radius 3 is 1.93 bits per heavy atom. The van der Waals surface area contributed by atoms with Crippen LogP contribution in [0.15, 0.2) is 170 Å². The molecule has 0 N–H and O–H groups in total.